The van der Waals surface area contributed by atoms with Crippen LogP contribution in [0, 0.1) is 12.3 Å². The lowest BCUT2D eigenvalue weighted by molar-refractivity contribution is 0.400. The number of rotatable bonds is 4. The lowest BCUT2D eigenvalue weighted by Crippen LogP contribution is -2.28. The van der Waals surface area contributed by atoms with Gasteiger partial charge in [0.05, 0.1) is 12.3 Å². The highest BCUT2D eigenvalue weighted by molar-refractivity contribution is 5.03. The maximum absolute atomic E-state index is 5.26. The van der Waals surface area contributed by atoms with Gasteiger partial charge in [-0.15, -0.1) is 12.3 Å². The third-order valence-electron chi connectivity index (χ3n) is 1.93. The Hall–Kier alpha value is -1.20. The van der Waals surface area contributed by atoms with Crippen molar-refractivity contribution >= 4 is 0 Å². The van der Waals surface area contributed by atoms with Crippen LogP contribution in [-0.4, -0.2) is 6.04 Å². The van der Waals surface area contributed by atoms with E-state index in [0.717, 1.165) is 12.2 Å². The standard InChI is InChI=1S/C11H15NO/c1-4-6-9(2)12-10(3)11-7-5-8-13-11/h1,5,7-10,12H,6H2,2-3H3. The predicted molar refractivity (Wildman–Crippen MR) is 53.2 cm³/mol. The second-order valence-electron chi connectivity index (χ2n) is 3.21. The van der Waals surface area contributed by atoms with Crippen molar-refractivity contribution in [3.8, 4) is 12.3 Å². The first-order valence-corrected chi connectivity index (χ1v) is 4.47. The molecule has 13 heavy (non-hydrogen) atoms. The van der Waals surface area contributed by atoms with E-state index in [-0.39, 0.29) is 6.04 Å². The molecule has 70 valence electrons. The van der Waals surface area contributed by atoms with Gasteiger partial charge in [-0.05, 0) is 26.0 Å². The molecule has 0 aliphatic rings. The van der Waals surface area contributed by atoms with E-state index in [9.17, 15) is 0 Å². The topological polar surface area (TPSA) is 25.2 Å². The highest BCUT2D eigenvalue weighted by Crippen LogP contribution is 2.13. The summed E-state index contributed by atoms with van der Waals surface area (Å²) in [6.07, 6.45) is 7.63. The maximum atomic E-state index is 5.26. The van der Waals surface area contributed by atoms with Crippen molar-refractivity contribution in [2.24, 2.45) is 0 Å². The quantitative estimate of drug-likeness (QED) is 0.714. The van der Waals surface area contributed by atoms with Gasteiger partial charge in [0, 0.05) is 12.5 Å². The van der Waals surface area contributed by atoms with Gasteiger partial charge in [0.15, 0.2) is 0 Å². The predicted octanol–water partition coefficient (Wildman–Crippen LogP) is 2.34. The Morgan fingerprint density at radius 3 is 2.92 bits per heavy atom. The molecule has 1 heterocycles. The molecule has 0 aliphatic heterocycles. The molecule has 0 amide bonds. The van der Waals surface area contributed by atoms with Crippen LogP contribution in [0.1, 0.15) is 32.1 Å². The van der Waals surface area contributed by atoms with Gasteiger partial charge < -0.3 is 9.73 Å². The molecular formula is C11H15NO. The van der Waals surface area contributed by atoms with E-state index in [1.165, 1.54) is 0 Å². The van der Waals surface area contributed by atoms with E-state index in [1.807, 2.05) is 12.1 Å². The minimum atomic E-state index is 0.221. The van der Waals surface area contributed by atoms with E-state index in [2.05, 4.69) is 25.1 Å². The fraction of sp³-hybridized carbons (Fsp3) is 0.455. The molecule has 1 aromatic heterocycles. The summed E-state index contributed by atoms with van der Waals surface area (Å²) in [5.41, 5.74) is 0. The number of furan rings is 1. The number of hydrogen-bond acceptors (Lipinski definition) is 2. The summed E-state index contributed by atoms with van der Waals surface area (Å²) in [4.78, 5) is 0. The van der Waals surface area contributed by atoms with Crippen LogP contribution in [0.4, 0.5) is 0 Å². The Balaban J connectivity index is 2.42. The largest absolute Gasteiger partial charge is 0.468 e. The first kappa shape index (κ1) is 9.88. The molecule has 0 fully saturated rings. The minimum Gasteiger partial charge on any atom is -0.468 e. The number of terminal acetylenes is 1. The highest BCUT2D eigenvalue weighted by Gasteiger charge is 2.10. The molecule has 1 N–H and O–H groups in total. The van der Waals surface area contributed by atoms with Crippen molar-refractivity contribution < 1.29 is 4.42 Å². The molecule has 0 aromatic carbocycles. The Kier molecular flexibility index (Phi) is 3.60. The van der Waals surface area contributed by atoms with Crippen molar-refractivity contribution in [1.29, 1.82) is 0 Å². The lowest BCUT2D eigenvalue weighted by Gasteiger charge is -2.16. The Bertz CT molecular complexity index is 271. The molecule has 0 radical (unpaired) electrons. The first-order chi connectivity index (χ1) is 6.24. The first-order valence-electron chi connectivity index (χ1n) is 4.47. The summed E-state index contributed by atoms with van der Waals surface area (Å²) < 4.78 is 5.26. The van der Waals surface area contributed by atoms with Gasteiger partial charge in [-0.3, -0.25) is 0 Å². The van der Waals surface area contributed by atoms with E-state index in [0.29, 0.717) is 6.04 Å². The summed E-state index contributed by atoms with van der Waals surface area (Å²) in [6, 6.07) is 4.39. The zero-order valence-electron chi connectivity index (χ0n) is 8.08. The zero-order chi connectivity index (χ0) is 9.68. The second-order valence-corrected chi connectivity index (χ2v) is 3.21. The van der Waals surface area contributed by atoms with Crippen LogP contribution in [-0.2, 0) is 0 Å². The molecule has 0 saturated carbocycles. The van der Waals surface area contributed by atoms with Crippen LogP contribution in [0.15, 0.2) is 22.8 Å². The summed E-state index contributed by atoms with van der Waals surface area (Å²) in [6.45, 7) is 4.13. The Morgan fingerprint density at radius 1 is 1.62 bits per heavy atom. The van der Waals surface area contributed by atoms with E-state index in [1.54, 1.807) is 6.26 Å². The third kappa shape index (κ3) is 2.96. The fourth-order valence-electron chi connectivity index (χ4n) is 1.28. The van der Waals surface area contributed by atoms with E-state index >= 15 is 0 Å². The van der Waals surface area contributed by atoms with Crippen molar-refractivity contribution in [2.75, 3.05) is 0 Å². The number of nitrogens with one attached hydrogen (secondary N) is 1. The molecule has 2 unspecified atom stereocenters. The molecule has 1 rings (SSSR count). The maximum Gasteiger partial charge on any atom is 0.120 e. The van der Waals surface area contributed by atoms with Crippen LogP contribution in [0.2, 0.25) is 0 Å². The van der Waals surface area contributed by atoms with Crippen LogP contribution in [0.5, 0.6) is 0 Å². The smallest absolute Gasteiger partial charge is 0.120 e. The fourth-order valence-corrected chi connectivity index (χ4v) is 1.28. The van der Waals surface area contributed by atoms with Gasteiger partial charge in [0.25, 0.3) is 0 Å². The van der Waals surface area contributed by atoms with Crippen LogP contribution in [0.3, 0.4) is 0 Å². The monoisotopic (exact) mass is 177 g/mol. The minimum absolute atomic E-state index is 0.221. The van der Waals surface area contributed by atoms with Gasteiger partial charge in [-0.2, -0.15) is 0 Å². The van der Waals surface area contributed by atoms with Gasteiger partial charge in [-0.25, -0.2) is 0 Å². The summed E-state index contributed by atoms with van der Waals surface area (Å²) in [7, 11) is 0. The van der Waals surface area contributed by atoms with Gasteiger partial charge >= 0.3 is 0 Å². The zero-order valence-corrected chi connectivity index (χ0v) is 8.08. The van der Waals surface area contributed by atoms with Crippen molar-refractivity contribution in [3.63, 3.8) is 0 Å². The highest BCUT2D eigenvalue weighted by atomic mass is 16.3. The lowest BCUT2D eigenvalue weighted by atomic mass is 10.2. The molecular weight excluding hydrogens is 162 g/mol. The van der Waals surface area contributed by atoms with Gasteiger partial charge in [-0.1, -0.05) is 0 Å². The molecule has 2 nitrogen and oxygen atoms in total. The average molecular weight is 177 g/mol. The van der Waals surface area contributed by atoms with Crippen LogP contribution >= 0.6 is 0 Å². The van der Waals surface area contributed by atoms with E-state index in [4.69, 9.17) is 10.8 Å². The Morgan fingerprint density at radius 2 is 2.38 bits per heavy atom. The number of hydrogen-bond donors (Lipinski definition) is 1. The normalized spacial score (nSPS) is 14.8. The van der Waals surface area contributed by atoms with Crippen LogP contribution < -0.4 is 5.32 Å². The molecule has 1 aromatic rings. The van der Waals surface area contributed by atoms with E-state index < -0.39 is 0 Å². The molecule has 0 bridgehead atoms. The molecule has 0 aliphatic carbocycles. The molecule has 2 heteroatoms. The second kappa shape index (κ2) is 4.74. The molecule has 2 atom stereocenters. The van der Waals surface area contributed by atoms with Crippen molar-refractivity contribution in [1.82, 2.24) is 5.32 Å². The molecule has 0 saturated heterocycles. The van der Waals surface area contributed by atoms with Gasteiger partial charge in [0.1, 0.15) is 5.76 Å². The summed E-state index contributed by atoms with van der Waals surface area (Å²) in [5, 5.41) is 3.35. The molecule has 0 spiro atoms. The van der Waals surface area contributed by atoms with Crippen molar-refractivity contribution in [2.45, 2.75) is 32.4 Å². The average Bonchev–Trinajstić information content (AvgIpc) is 2.55. The van der Waals surface area contributed by atoms with Crippen LogP contribution in [0.25, 0.3) is 0 Å². The SMILES string of the molecule is C#CCC(C)NC(C)c1ccco1. The third-order valence-corrected chi connectivity index (χ3v) is 1.93. The van der Waals surface area contributed by atoms with Gasteiger partial charge in [0.2, 0.25) is 0 Å². The Labute approximate surface area is 79.3 Å². The summed E-state index contributed by atoms with van der Waals surface area (Å²) in [5.74, 6) is 3.57. The summed E-state index contributed by atoms with van der Waals surface area (Å²) >= 11 is 0. The van der Waals surface area contributed by atoms with Crippen molar-refractivity contribution in [3.05, 3.63) is 24.2 Å².